The number of hydrogen-bond donors (Lipinski definition) is 0. The number of hydrogen-bond acceptors (Lipinski definition) is 0. The third-order valence-corrected chi connectivity index (χ3v) is 17.2. The second kappa shape index (κ2) is 13.1. The fraction of sp³-hybridized carbons (Fsp3) is 0.233. The van der Waals surface area contributed by atoms with Gasteiger partial charge in [0.25, 0.3) is 6.71 Å². The minimum atomic E-state index is 0.0912. The highest BCUT2D eigenvalue weighted by atomic mass is 15.4. The number of aryl methyl sites for hydroxylation is 1. The van der Waals surface area contributed by atoms with Crippen LogP contribution in [0.5, 0.6) is 0 Å². The van der Waals surface area contributed by atoms with Crippen LogP contribution in [0.2, 0.25) is 0 Å². The van der Waals surface area contributed by atoms with Crippen molar-refractivity contribution in [2.45, 2.75) is 77.6 Å². The predicted octanol–water partition coefficient (Wildman–Crippen LogP) is 11.3. The van der Waals surface area contributed by atoms with E-state index in [0.717, 1.165) is 4.48 Å². The van der Waals surface area contributed by atoms with Crippen molar-refractivity contribution < 1.29 is 0 Å². The monoisotopic (exact) mass is 808 g/mol. The molecule has 0 amide bonds. The molecular weight excluding hydrogens is 756 g/mol. The summed E-state index contributed by atoms with van der Waals surface area (Å²) in [4.78, 5) is 0. The molecule has 302 valence electrons. The van der Waals surface area contributed by atoms with Crippen molar-refractivity contribution in [3.05, 3.63) is 156 Å². The second-order valence-corrected chi connectivity index (χ2v) is 19.7. The van der Waals surface area contributed by atoms with Gasteiger partial charge in [-0.1, -0.05) is 170 Å². The first kappa shape index (κ1) is 36.6. The first-order valence-electron chi connectivity index (χ1n) is 24.4. The molecule has 0 aromatic heterocycles. The van der Waals surface area contributed by atoms with Gasteiger partial charge >= 0.3 is 0 Å². The van der Waals surface area contributed by atoms with E-state index in [2.05, 4.69) is 146 Å². The normalized spacial score (nSPS) is 17.6. The quantitative estimate of drug-likeness (QED) is 0.0880. The molecule has 3 heteroatoms. The van der Waals surface area contributed by atoms with E-state index in [1.807, 2.05) is 13.8 Å². The zero-order valence-corrected chi connectivity index (χ0v) is 37.0. The van der Waals surface area contributed by atoms with Gasteiger partial charge in [-0.25, -0.2) is 0 Å². The fourth-order valence-corrected chi connectivity index (χ4v) is 14.9. The van der Waals surface area contributed by atoms with E-state index in [-0.39, 0.29) is 18.8 Å². The highest BCUT2D eigenvalue weighted by Crippen LogP contribution is 2.53. The summed E-state index contributed by atoms with van der Waals surface area (Å²) in [5, 5.41) is 8.75. The van der Waals surface area contributed by atoms with Crippen LogP contribution >= 0.6 is 0 Å². The van der Waals surface area contributed by atoms with Crippen LogP contribution in [-0.2, 0) is 5.41 Å². The number of piperidine rings is 1. The van der Waals surface area contributed by atoms with Crippen LogP contribution < -0.4 is 37.3 Å². The molecule has 0 atom stereocenters. The number of rotatable bonds is 1. The van der Waals surface area contributed by atoms with Gasteiger partial charge in [0, 0.05) is 5.41 Å². The Bertz CT molecular complexity index is 3400. The number of nitrogens with zero attached hydrogens (tertiary/aromatic N) is 1. The van der Waals surface area contributed by atoms with Gasteiger partial charge in [-0.05, 0) is 157 Å². The van der Waals surface area contributed by atoms with Gasteiger partial charge < -0.3 is 0 Å². The smallest absolute Gasteiger partial charge is 0.258 e. The Labute approximate surface area is 372 Å². The Hall–Kier alpha value is -5.89. The summed E-state index contributed by atoms with van der Waals surface area (Å²) < 4.78 is 0.996. The molecule has 1 saturated carbocycles. The molecule has 0 bridgehead atoms. The molecule has 2 spiro atoms. The number of quaternary nitrogens is 1. The summed E-state index contributed by atoms with van der Waals surface area (Å²) in [5.41, 5.74) is 25.4. The van der Waals surface area contributed by atoms with Crippen LogP contribution in [0.4, 0.5) is 11.4 Å². The van der Waals surface area contributed by atoms with Gasteiger partial charge in [-0.15, -0.1) is 0 Å². The molecule has 9 aromatic carbocycles. The Morgan fingerprint density at radius 2 is 1.03 bits per heavy atom. The van der Waals surface area contributed by atoms with Gasteiger partial charge in [0.15, 0.2) is 0 Å². The molecule has 15 rings (SSSR count). The van der Waals surface area contributed by atoms with Gasteiger partial charge in [-0.3, -0.25) is 4.48 Å². The summed E-state index contributed by atoms with van der Waals surface area (Å²) in [6.45, 7) is 9.21. The fourth-order valence-electron chi connectivity index (χ4n) is 14.9. The van der Waals surface area contributed by atoms with Crippen molar-refractivity contribution in [3.63, 3.8) is 0 Å². The first-order chi connectivity index (χ1) is 31.2. The predicted molar refractivity (Wildman–Crippen MR) is 274 cm³/mol. The van der Waals surface area contributed by atoms with E-state index >= 15 is 0 Å². The molecule has 0 unspecified atom stereocenters. The minimum absolute atomic E-state index is 0.0912. The molecule has 0 radical (unpaired) electrons. The van der Waals surface area contributed by atoms with Crippen LogP contribution in [0.1, 0.15) is 81.9 Å². The lowest BCUT2D eigenvalue weighted by molar-refractivity contribution is 0.317. The van der Waals surface area contributed by atoms with Crippen LogP contribution in [-0.4, -0.2) is 26.5 Å². The van der Waals surface area contributed by atoms with Crippen molar-refractivity contribution in [3.8, 4) is 33.4 Å². The number of fused-ring (bicyclic) bond motifs is 12. The summed E-state index contributed by atoms with van der Waals surface area (Å²) in [6, 6.07) is 56.0. The van der Waals surface area contributed by atoms with Crippen LogP contribution in [0.25, 0.3) is 65.7 Å². The largest absolute Gasteiger partial charge is 0.260 e. The Morgan fingerprint density at radius 3 is 1.84 bits per heavy atom. The highest BCUT2D eigenvalue weighted by Gasteiger charge is 2.52. The lowest BCUT2D eigenvalue weighted by Gasteiger charge is -2.48. The van der Waals surface area contributed by atoms with Crippen LogP contribution in [0.15, 0.2) is 140 Å². The average molecular weight is 809 g/mol. The molecule has 0 N–H and O–H groups in total. The molecule has 6 aliphatic rings. The molecular formula is C60H52B2N+. The number of benzene rings is 9. The van der Waals surface area contributed by atoms with E-state index in [1.54, 1.807) is 33.2 Å². The van der Waals surface area contributed by atoms with E-state index in [9.17, 15) is 0 Å². The maximum atomic E-state index is 2.69. The molecule has 1 nitrogen and oxygen atoms in total. The molecule has 1 saturated heterocycles. The van der Waals surface area contributed by atoms with Crippen molar-refractivity contribution in [1.29, 1.82) is 0 Å². The SMILES string of the molecule is CC.Cc1cc2c3c(cc4c(-c5ccccc5)cc5c6c(cc1c3c46)B1c3ccccc3[N+]3(CCCCC3)c3cccc-5c31)-c1cccc3c1B2c1ccccc1C31CCCCC1. The van der Waals surface area contributed by atoms with Gasteiger partial charge in [0.1, 0.15) is 11.4 Å². The second-order valence-electron chi connectivity index (χ2n) is 19.7. The standard InChI is InChI=1S/C58H46B2N.C2H6/c1-35-31-48-52-42(37-19-15-22-45-56(37)59(48)46-23-8-7-21-44(46)58(45)27-11-3-12-28-58)33-43-40(36-17-5-2-6-18-36)32-41-38-20-16-26-51-57(38)60(49-34-39(35)54(52)55(43)53(41)49)47-24-9-10-25-50(47)61(51)29-13-4-14-30-61;1-2/h2,5-10,15-26,31-34H,3-4,11-14,27-30H2,1H3;1-2H3/q+1;. The Kier molecular flexibility index (Phi) is 7.60. The lowest BCUT2D eigenvalue weighted by Crippen LogP contribution is -2.66. The van der Waals surface area contributed by atoms with Crippen LogP contribution in [0, 0.1) is 6.92 Å². The molecule has 9 aromatic rings. The van der Waals surface area contributed by atoms with Crippen molar-refractivity contribution in [2.75, 3.05) is 13.1 Å². The van der Waals surface area contributed by atoms with Crippen molar-refractivity contribution >= 4 is 89.9 Å². The maximum absolute atomic E-state index is 2.69. The summed E-state index contributed by atoms with van der Waals surface area (Å²) >= 11 is 0. The van der Waals surface area contributed by atoms with Gasteiger partial charge in [0.2, 0.25) is 6.71 Å². The maximum Gasteiger partial charge on any atom is 0.258 e. The third-order valence-electron chi connectivity index (χ3n) is 17.2. The Balaban J connectivity index is 0.00000190. The molecule has 63 heavy (non-hydrogen) atoms. The molecule has 5 aliphatic heterocycles. The Morgan fingerprint density at radius 1 is 0.429 bits per heavy atom. The summed E-state index contributed by atoms with van der Waals surface area (Å²) in [7, 11) is 0. The number of para-hydroxylation sites is 1. The topological polar surface area (TPSA) is 0 Å². The zero-order chi connectivity index (χ0) is 41.8. The van der Waals surface area contributed by atoms with Gasteiger partial charge in [0.05, 0.1) is 13.1 Å². The molecule has 1 aliphatic carbocycles. The third kappa shape index (κ3) is 4.45. The molecule has 2 fully saturated rings. The van der Waals surface area contributed by atoms with Crippen molar-refractivity contribution in [1.82, 2.24) is 4.48 Å². The van der Waals surface area contributed by atoms with Crippen molar-refractivity contribution in [2.24, 2.45) is 0 Å². The summed E-state index contributed by atoms with van der Waals surface area (Å²) in [6.07, 6.45) is 10.3. The highest BCUT2D eigenvalue weighted by molar-refractivity contribution is 7.01. The molecule has 5 heterocycles. The van der Waals surface area contributed by atoms with E-state index in [0.29, 0.717) is 0 Å². The first-order valence-corrected chi connectivity index (χ1v) is 24.4. The summed E-state index contributed by atoms with van der Waals surface area (Å²) in [5.74, 6) is 0. The minimum Gasteiger partial charge on any atom is -0.260 e. The van der Waals surface area contributed by atoms with E-state index in [4.69, 9.17) is 0 Å². The average Bonchev–Trinajstić information content (AvgIpc) is 3.35. The van der Waals surface area contributed by atoms with E-state index < -0.39 is 0 Å². The lowest BCUT2D eigenvalue weighted by atomic mass is 9.28. The van der Waals surface area contributed by atoms with E-state index in [1.165, 1.54) is 158 Å². The zero-order valence-electron chi connectivity index (χ0n) is 37.0. The van der Waals surface area contributed by atoms with Crippen LogP contribution in [0.3, 0.4) is 0 Å². The van der Waals surface area contributed by atoms with Gasteiger partial charge in [-0.2, -0.15) is 0 Å².